The lowest BCUT2D eigenvalue weighted by Gasteiger charge is -2.36. The molecular formula is C18H21F3N4. The fourth-order valence-electron chi connectivity index (χ4n) is 3.03. The summed E-state index contributed by atoms with van der Waals surface area (Å²) < 4.78 is 38.9. The van der Waals surface area contributed by atoms with Crippen LogP contribution < -0.4 is 10.6 Å². The highest BCUT2D eigenvalue weighted by Gasteiger charge is 2.33. The fourth-order valence-corrected chi connectivity index (χ4v) is 3.03. The quantitative estimate of drug-likeness (QED) is 0.921. The second-order valence-electron chi connectivity index (χ2n) is 6.13. The second kappa shape index (κ2) is 7.41. The van der Waals surface area contributed by atoms with Gasteiger partial charge in [0.1, 0.15) is 11.5 Å². The van der Waals surface area contributed by atoms with Crippen LogP contribution in [0.5, 0.6) is 0 Å². The van der Waals surface area contributed by atoms with Gasteiger partial charge in [-0.05, 0) is 11.6 Å². The average Bonchev–Trinajstić information content (AvgIpc) is 2.62. The summed E-state index contributed by atoms with van der Waals surface area (Å²) in [6, 6.07) is 12.6. The van der Waals surface area contributed by atoms with E-state index in [1.807, 2.05) is 23.1 Å². The first-order chi connectivity index (χ1) is 12.0. The third-order valence-corrected chi connectivity index (χ3v) is 4.39. The van der Waals surface area contributed by atoms with Crippen LogP contribution in [-0.2, 0) is 19.3 Å². The first kappa shape index (κ1) is 17.7. The molecule has 0 bridgehead atoms. The van der Waals surface area contributed by atoms with Crippen LogP contribution in [-0.4, -0.2) is 36.1 Å². The normalized spacial score (nSPS) is 16.2. The molecule has 0 aliphatic carbocycles. The summed E-state index contributed by atoms with van der Waals surface area (Å²) in [4.78, 5) is 8.04. The molecule has 7 heteroatoms. The van der Waals surface area contributed by atoms with Crippen LogP contribution in [0.15, 0.2) is 42.5 Å². The Labute approximate surface area is 145 Å². The molecule has 1 aromatic carbocycles. The first-order valence-electron chi connectivity index (χ1n) is 8.26. The molecule has 2 N–H and O–H groups in total. The largest absolute Gasteiger partial charge is 0.433 e. The minimum absolute atomic E-state index is 0.171. The van der Waals surface area contributed by atoms with E-state index in [0.717, 1.165) is 25.7 Å². The number of nitrogens with two attached hydrogens (primary N) is 1. The number of alkyl halides is 3. The molecule has 0 atom stereocenters. The third kappa shape index (κ3) is 4.29. The van der Waals surface area contributed by atoms with E-state index in [1.54, 1.807) is 0 Å². The van der Waals surface area contributed by atoms with Gasteiger partial charge in [0.2, 0.25) is 0 Å². The Bertz CT molecular complexity index is 695. The molecule has 2 aromatic rings. The molecule has 0 saturated carbocycles. The molecule has 1 fully saturated rings. The lowest BCUT2D eigenvalue weighted by molar-refractivity contribution is -0.141. The number of halogens is 3. The SMILES string of the molecule is NCc1ccc(C(F)(F)F)nc1N1CCN(Cc2ccccc2)CC1. The van der Waals surface area contributed by atoms with Crippen LogP contribution in [0.25, 0.3) is 0 Å². The maximum Gasteiger partial charge on any atom is 0.433 e. The molecule has 0 spiro atoms. The Balaban J connectivity index is 1.70. The van der Waals surface area contributed by atoms with Crippen LogP contribution in [0.2, 0.25) is 0 Å². The minimum atomic E-state index is -4.45. The smallest absolute Gasteiger partial charge is 0.354 e. The molecule has 1 aliphatic rings. The number of hydrogen-bond acceptors (Lipinski definition) is 4. The predicted octanol–water partition coefficient (Wildman–Crippen LogP) is 2.88. The van der Waals surface area contributed by atoms with Crippen LogP contribution >= 0.6 is 0 Å². The van der Waals surface area contributed by atoms with Crippen molar-refractivity contribution in [1.29, 1.82) is 0 Å². The van der Waals surface area contributed by atoms with Crippen LogP contribution in [0.3, 0.4) is 0 Å². The Kier molecular flexibility index (Phi) is 5.24. The molecule has 0 radical (unpaired) electrons. The van der Waals surface area contributed by atoms with Gasteiger partial charge in [-0.2, -0.15) is 13.2 Å². The molecule has 1 aromatic heterocycles. The van der Waals surface area contributed by atoms with Gasteiger partial charge in [0, 0.05) is 44.8 Å². The second-order valence-corrected chi connectivity index (χ2v) is 6.13. The molecule has 1 aliphatic heterocycles. The van der Waals surface area contributed by atoms with Crippen molar-refractivity contribution in [1.82, 2.24) is 9.88 Å². The zero-order chi connectivity index (χ0) is 17.9. The summed E-state index contributed by atoms with van der Waals surface area (Å²) in [7, 11) is 0. The van der Waals surface area contributed by atoms with Gasteiger partial charge in [-0.25, -0.2) is 4.98 Å². The molecule has 134 valence electrons. The number of benzene rings is 1. The van der Waals surface area contributed by atoms with Crippen molar-refractivity contribution in [3.05, 3.63) is 59.3 Å². The molecule has 25 heavy (non-hydrogen) atoms. The number of pyridine rings is 1. The van der Waals surface area contributed by atoms with Gasteiger partial charge in [-0.1, -0.05) is 36.4 Å². The standard InChI is InChI=1S/C18H21F3N4/c19-18(20,21)16-7-6-15(12-22)17(23-16)25-10-8-24(9-11-25)13-14-4-2-1-3-5-14/h1-7H,8-13,22H2. The first-order valence-corrected chi connectivity index (χ1v) is 8.26. The van der Waals surface area contributed by atoms with Crippen LogP contribution in [0, 0.1) is 0 Å². The molecule has 0 unspecified atom stereocenters. The van der Waals surface area contributed by atoms with Crippen molar-refractivity contribution in [3.8, 4) is 0 Å². The summed E-state index contributed by atoms with van der Waals surface area (Å²) >= 11 is 0. The number of nitrogens with zero attached hydrogens (tertiary/aromatic N) is 3. The fraction of sp³-hybridized carbons (Fsp3) is 0.389. The van der Waals surface area contributed by atoms with Crippen molar-refractivity contribution in [2.45, 2.75) is 19.3 Å². The summed E-state index contributed by atoms with van der Waals surface area (Å²) in [5.41, 5.74) is 6.69. The zero-order valence-electron chi connectivity index (χ0n) is 13.8. The van der Waals surface area contributed by atoms with Gasteiger partial charge in [-0.3, -0.25) is 4.90 Å². The predicted molar refractivity (Wildman–Crippen MR) is 91.1 cm³/mol. The van der Waals surface area contributed by atoms with Crippen molar-refractivity contribution in [3.63, 3.8) is 0 Å². The highest BCUT2D eigenvalue weighted by atomic mass is 19.4. The molecule has 1 saturated heterocycles. The molecular weight excluding hydrogens is 329 g/mol. The number of anilines is 1. The molecule has 4 nitrogen and oxygen atoms in total. The number of aromatic nitrogens is 1. The Hall–Kier alpha value is -2.12. The minimum Gasteiger partial charge on any atom is -0.354 e. The highest BCUT2D eigenvalue weighted by Crippen LogP contribution is 2.30. The maximum atomic E-state index is 13.0. The van der Waals surface area contributed by atoms with Crippen molar-refractivity contribution in [2.75, 3.05) is 31.1 Å². The Morgan fingerprint density at radius 1 is 0.960 bits per heavy atom. The number of hydrogen-bond donors (Lipinski definition) is 1. The Morgan fingerprint density at radius 2 is 1.64 bits per heavy atom. The van der Waals surface area contributed by atoms with Gasteiger partial charge in [0.15, 0.2) is 0 Å². The number of piperazine rings is 1. The highest BCUT2D eigenvalue weighted by molar-refractivity contribution is 5.48. The van der Waals surface area contributed by atoms with Gasteiger partial charge >= 0.3 is 6.18 Å². The monoisotopic (exact) mass is 350 g/mol. The van der Waals surface area contributed by atoms with Crippen molar-refractivity contribution < 1.29 is 13.2 Å². The van der Waals surface area contributed by atoms with E-state index in [9.17, 15) is 13.2 Å². The van der Waals surface area contributed by atoms with E-state index in [0.29, 0.717) is 24.5 Å². The summed E-state index contributed by atoms with van der Waals surface area (Å²) in [6.07, 6.45) is -4.45. The van der Waals surface area contributed by atoms with Crippen LogP contribution in [0.1, 0.15) is 16.8 Å². The van der Waals surface area contributed by atoms with Gasteiger partial charge in [0.25, 0.3) is 0 Å². The zero-order valence-corrected chi connectivity index (χ0v) is 13.8. The lowest BCUT2D eigenvalue weighted by Crippen LogP contribution is -2.46. The van der Waals surface area contributed by atoms with E-state index < -0.39 is 11.9 Å². The van der Waals surface area contributed by atoms with Gasteiger partial charge < -0.3 is 10.6 Å². The van der Waals surface area contributed by atoms with E-state index in [2.05, 4.69) is 22.0 Å². The van der Waals surface area contributed by atoms with Crippen LogP contribution in [0.4, 0.5) is 19.0 Å². The van der Waals surface area contributed by atoms with Gasteiger partial charge in [-0.15, -0.1) is 0 Å². The topological polar surface area (TPSA) is 45.4 Å². The summed E-state index contributed by atoms with van der Waals surface area (Å²) in [5.74, 6) is 0.358. The molecule has 0 amide bonds. The van der Waals surface area contributed by atoms with Crippen molar-refractivity contribution >= 4 is 5.82 Å². The lowest BCUT2D eigenvalue weighted by atomic mass is 10.1. The third-order valence-electron chi connectivity index (χ3n) is 4.39. The molecule has 2 heterocycles. The number of rotatable bonds is 4. The van der Waals surface area contributed by atoms with E-state index in [4.69, 9.17) is 5.73 Å². The van der Waals surface area contributed by atoms with E-state index >= 15 is 0 Å². The summed E-state index contributed by atoms with van der Waals surface area (Å²) in [5, 5.41) is 0. The van der Waals surface area contributed by atoms with E-state index in [1.165, 1.54) is 11.6 Å². The summed E-state index contributed by atoms with van der Waals surface area (Å²) in [6.45, 7) is 3.83. The van der Waals surface area contributed by atoms with Crippen molar-refractivity contribution in [2.24, 2.45) is 5.73 Å². The Morgan fingerprint density at radius 3 is 2.24 bits per heavy atom. The van der Waals surface area contributed by atoms with E-state index in [-0.39, 0.29) is 6.54 Å². The average molecular weight is 350 g/mol. The maximum absolute atomic E-state index is 13.0. The van der Waals surface area contributed by atoms with Gasteiger partial charge in [0.05, 0.1) is 0 Å². The molecule has 3 rings (SSSR count).